The molecular weight excluding hydrogens is 410 g/mol. The van der Waals surface area contributed by atoms with Gasteiger partial charge < -0.3 is 15.0 Å². The first-order valence-corrected chi connectivity index (χ1v) is 10.6. The number of methoxy groups -OCH3 is 1. The molecule has 1 N–H and O–H groups in total. The van der Waals surface area contributed by atoms with Crippen molar-refractivity contribution >= 4 is 34.7 Å². The molecule has 0 aliphatic heterocycles. The Balaban J connectivity index is 1.90. The summed E-state index contributed by atoms with van der Waals surface area (Å²) in [7, 11) is 1.60. The molecule has 31 heavy (non-hydrogen) atoms. The van der Waals surface area contributed by atoms with Crippen LogP contribution in [0.2, 0.25) is 5.02 Å². The van der Waals surface area contributed by atoms with Gasteiger partial charge in [0.05, 0.1) is 17.8 Å². The van der Waals surface area contributed by atoms with Crippen LogP contribution in [0.4, 0.5) is 17.2 Å². The van der Waals surface area contributed by atoms with Gasteiger partial charge in [0.2, 0.25) is 0 Å². The molecule has 6 heteroatoms. The molecule has 0 bridgehead atoms. The van der Waals surface area contributed by atoms with E-state index in [0.717, 1.165) is 11.4 Å². The molecule has 0 fully saturated rings. The highest BCUT2D eigenvalue weighted by Crippen LogP contribution is 2.36. The molecule has 0 unspecified atom stereocenters. The molecule has 3 aromatic rings. The summed E-state index contributed by atoms with van der Waals surface area (Å²) in [5, 5.41) is 3.50. The lowest BCUT2D eigenvalue weighted by atomic mass is 9.87. The molecule has 3 rings (SSSR count). The molecule has 0 radical (unpaired) electrons. The fourth-order valence-corrected chi connectivity index (χ4v) is 3.53. The minimum absolute atomic E-state index is 0.0593. The third-order valence-corrected chi connectivity index (χ3v) is 5.35. The predicted molar refractivity (Wildman–Crippen MR) is 128 cm³/mol. The number of anilines is 3. The molecule has 0 spiro atoms. The molecule has 0 saturated heterocycles. The average molecular weight is 438 g/mol. The van der Waals surface area contributed by atoms with Crippen molar-refractivity contribution in [2.75, 3.05) is 23.9 Å². The SMILES string of the molecule is CCN(c1cc(C(=O)Nc2ccc(C(C)(C)C)cc2)ccc1OC)c1ncccc1Cl. The highest BCUT2D eigenvalue weighted by molar-refractivity contribution is 6.33. The van der Waals surface area contributed by atoms with Gasteiger partial charge in [-0.25, -0.2) is 4.98 Å². The molecular formula is C25H28ClN3O2. The van der Waals surface area contributed by atoms with Gasteiger partial charge in [0, 0.05) is 24.0 Å². The van der Waals surface area contributed by atoms with Crippen LogP contribution in [-0.2, 0) is 5.41 Å². The molecule has 5 nitrogen and oxygen atoms in total. The monoisotopic (exact) mass is 437 g/mol. The van der Waals surface area contributed by atoms with Gasteiger partial charge in [-0.1, -0.05) is 44.5 Å². The Morgan fingerprint density at radius 2 is 1.84 bits per heavy atom. The number of halogens is 1. The van der Waals surface area contributed by atoms with E-state index in [1.54, 1.807) is 43.6 Å². The number of hydrogen-bond donors (Lipinski definition) is 1. The molecule has 0 atom stereocenters. The minimum atomic E-state index is -0.199. The number of ether oxygens (including phenoxy) is 1. The van der Waals surface area contributed by atoms with Gasteiger partial charge in [0.1, 0.15) is 5.75 Å². The Hall–Kier alpha value is -3.05. The van der Waals surface area contributed by atoms with Crippen molar-refractivity contribution in [3.05, 3.63) is 76.9 Å². The lowest BCUT2D eigenvalue weighted by Crippen LogP contribution is -2.20. The molecule has 0 aliphatic rings. The maximum absolute atomic E-state index is 13.0. The highest BCUT2D eigenvalue weighted by atomic mass is 35.5. The first-order valence-electron chi connectivity index (χ1n) is 10.2. The first kappa shape index (κ1) is 22.6. The minimum Gasteiger partial charge on any atom is -0.495 e. The van der Waals surface area contributed by atoms with E-state index in [1.165, 1.54) is 5.56 Å². The summed E-state index contributed by atoms with van der Waals surface area (Å²) in [6, 6.07) is 16.8. The van der Waals surface area contributed by atoms with Gasteiger partial charge in [-0.05, 0) is 60.4 Å². The normalized spacial score (nSPS) is 11.2. The number of hydrogen-bond acceptors (Lipinski definition) is 4. The Kier molecular flexibility index (Phi) is 6.86. The third-order valence-electron chi connectivity index (χ3n) is 5.05. The number of aromatic nitrogens is 1. The Bertz CT molecular complexity index is 1060. The van der Waals surface area contributed by atoms with E-state index in [-0.39, 0.29) is 11.3 Å². The number of pyridine rings is 1. The molecule has 1 amide bonds. The second-order valence-corrected chi connectivity index (χ2v) is 8.63. The summed E-state index contributed by atoms with van der Waals surface area (Å²) >= 11 is 6.37. The van der Waals surface area contributed by atoms with Crippen LogP contribution in [0, 0.1) is 0 Å². The van der Waals surface area contributed by atoms with Crippen molar-refractivity contribution in [1.29, 1.82) is 0 Å². The first-order chi connectivity index (χ1) is 14.7. The van der Waals surface area contributed by atoms with E-state index in [2.05, 4.69) is 31.1 Å². The lowest BCUT2D eigenvalue weighted by Gasteiger charge is -2.25. The summed E-state index contributed by atoms with van der Waals surface area (Å²) in [4.78, 5) is 19.3. The largest absolute Gasteiger partial charge is 0.495 e. The summed E-state index contributed by atoms with van der Waals surface area (Å²) in [6.07, 6.45) is 1.69. The van der Waals surface area contributed by atoms with Crippen molar-refractivity contribution in [2.24, 2.45) is 0 Å². The maximum Gasteiger partial charge on any atom is 0.255 e. The van der Waals surface area contributed by atoms with Crippen LogP contribution < -0.4 is 15.0 Å². The van der Waals surface area contributed by atoms with Crippen LogP contribution in [-0.4, -0.2) is 24.5 Å². The fourth-order valence-electron chi connectivity index (χ4n) is 3.31. The number of rotatable bonds is 6. The zero-order valence-corrected chi connectivity index (χ0v) is 19.3. The van der Waals surface area contributed by atoms with Crippen molar-refractivity contribution in [3.63, 3.8) is 0 Å². The van der Waals surface area contributed by atoms with Crippen LogP contribution in [0.5, 0.6) is 5.75 Å². The second kappa shape index (κ2) is 9.40. The quantitative estimate of drug-likeness (QED) is 0.481. The standard InChI is InChI=1S/C25H28ClN3O2/c1-6-29(23-20(26)8-7-15-27-23)21-16-17(9-14-22(21)31-5)24(30)28-19-12-10-18(11-13-19)25(2,3)4/h7-16H,6H2,1-5H3,(H,28,30). The number of nitrogens with zero attached hydrogens (tertiary/aromatic N) is 2. The van der Waals surface area contributed by atoms with E-state index < -0.39 is 0 Å². The van der Waals surface area contributed by atoms with Crippen LogP contribution >= 0.6 is 11.6 Å². The molecule has 162 valence electrons. The van der Waals surface area contributed by atoms with Gasteiger partial charge >= 0.3 is 0 Å². The average Bonchev–Trinajstić information content (AvgIpc) is 2.75. The fraction of sp³-hybridized carbons (Fsp3) is 0.280. The van der Waals surface area contributed by atoms with Crippen molar-refractivity contribution in [2.45, 2.75) is 33.1 Å². The van der Waals surface area contributed by atoms with Gasteiger partial charge in [0.15, 0.2) is 5.82 Å². The van der Waals surface area contributed by atoms with Crippen LogP contribution in [0.3, 0.4) is 0 Å². The van der Waals surface area contributed by atoms with Gasteiger partial charge in [-0.2, -0.15) is 0 Å². The zero-order valence-electron chi connectivity index (χ0n) is 18.6. The Morgan fingerprint density at radius 1 is 1.13 bits per heavy atom. The number of amides is 1. The van der Waals surface area contributed by atoms with Crippen LogP contribution in [0.15, 0.2) is 60.8 Å². The third kappa shape index (κ3) is 5.17. The maximum atomic E-state index is 13.0. The van der Waals surface area contributed by atoms with Gasteiger partial charge in [0.25, 0.3) is 5.91 Å². The molecule has 0 saturated carbocycles. The van der Waals surface area contributed by atoms with Crippen molar-refractivity contribution < 1.29 is 9.53 Å². The predicted octanol–water partition coefficient (Wildman–Crippen LogP) is 6.45. The summed E-state index contributed by atoms with van der Waals surface area (Å²) in [6.45, 7) is 9.08. The smallest absolute Gasteiger partial charge is 0.255 e. The number of carbonyl (C=O) groups excluding carboxylic acids is 1. The van der Waals surface area contributed by atoms with E-state index in [4.69, 9.17) is 16.3 Å². The lowest BCUT2D eigenvalue weighted by molar-refractivity contribution is 0.102. The molecule has 0 aliphatic carbocycles. The van der Waals surface area contributed by atoms with E-state index in [1.807, 2.05) is 36.1 Å². The zero-order chi connectivity index (χ0) is 22.6. The molecule has 2 aromatic carbocycles. The molecule has 1 heterocycles. The number of benzene rings is 2. The topological polar surface area (TPSA) is 54.5 Å². The van der Waals surface area contributed by atoms with E-state index >= 15 is 0 Å². The van der Waals surface area contributed by atoms with E-state index in [9.17, 15) is 4.79 Å². The number of carbonyl (C=O) groups is 1. The van der Waals surface area contributed by atoms with E-state index in [0.29, 0.717) is 28.7 Å². The van der Waals surface area contributed by atoms with Crippen LogP contribution in [0.25, 0.3) is 0 Å². The summed E-state index contributed by atoms with van der Waals surface area (Å²) in [5.41, 5.74) is 3.25. The van der Waals surface area contributed by atoms with Gasteiger partial charge in [-0.3, -0.25) is 4.79 Å². The molecule has 1 aromatic heterocycles. The Morgan fingerprint density at radius 3 is 2.42 bits per heavy atom. The summed E-state index contributed by atoms with van der Waals surface area (Å²) in [5.74, 6) is 1.05. The Labute approximate surface area is 189 Å². The van der Waals surface area contributed by atoms with Crippen molar-refractivity contribution in [3.8, 4) is 5.75 Å². The second-order valence-electron chi connectivity index (χ2n) is 8.22. The van der Waals surface area contributed by atoms with Gasteiger partial charge in [-0.15, -0.1) is 0 Å². The summed E-state index contributed by atoms with van der Waals surface area (Å²) < 4.78 is 5.54. The highest BCUT2D eigenvalue weighted by Gasteiger charge is 2.19. The number of nitrogens with one attached hydrogen (secondary N) is 1. The van der Waals surface area contributed by atoms with Crippen LogP contribution in [0.1, 0.15) is 43.6 Å². The van der Waals surface area contributed by atoms with Crippen molar-refractivity contribution in [1.82, 2.24) is 4.98 Å².